The summed E-state index contributed by atoms with van der Waals surface area (Å²) in [6, 6.07) is 3.78. The van der Waals surface area contributed by atoms with Crippen molar-refractivity contribution in [2.45, 2.75) is 6.10 Å². The molecule has 1 rings (SSSR count). The lowest BCUT2D eigenvalue weighted by molar-refractivity contribution is -0.148. The molecule has 0 saturated carbocycles. The lowest BCUT2D eigenvalue weighted by Gasteiger charge is -2.12. The van der Waals surface area contributed by atoms with Gasteiger partial charge in [0.2, 0.25) is 0 Å². The van der Waals surface area contributed by atoms with Crippen molar-refractivity contribution in [3.8, 4) is 5.75 Å². The Balaban J connectivity index is 2.41. The average molecular weight is 350 g/mol. The van der Waals surface area contributed by atoms with Crippen LogP contribution in [0, 0.1) is 5.82 Å². The van der Waals surface area contributed by atoms with Crippen molar-refractivity contribution in [2.24, 2.45) is 0 Å². The summed E-state index contributed by atoms with van der Waals surface area (Å²) in [4.78, 5) is 22.1. The van der Waals surface area contributed by atoms with Crippen LogP contribution >= 0.6 is 15.9 Å². The number of aliphatic carboxylic acids is 1. The molecule has 110 valence electrons. The highest BCUT2D eigenvalue weighted by molar-refractivity contribution is 9.10. The van der Waals surface area contributed by atoms with Crippen LogP contribution in [0.25, 0.3) is 0 Å². The van der Waals surface area contributed by atoms with Crippen LogP contribution in [0.1, 0.15) is 0 Å². The summed E-state index contributed by atoms with van der Waals surface area (Å²) < 4.78 is 23.0. The molecule has 0 aliphatic carbocycles. The van der Waals surface area contributed by atoms with Crippen LogP contribution in [0.5, 0.6) is 5.75 Å². The molecule has 1 aromatic rings. The van der Waals surface area contributed by atoms with Crippen molar-refractivity contribution in [1.29, 1.82) is 0 Å². The molecule has 0 spiro atoms. The van der Waals surface area contributed by atoms with E-state index < -0.39 is 23.8 Å². The van der Waals surface area contributed by atoms with E-state index in [-0.39, 0.29) is 13.2 Å². The largest absolute Gasteiger partial charge is 0.483 e. The molecular weight excluding hydrogens is 337 g/mol. The van der Waals surface area contributed by atoms with Gasteiger partial charge in [-0.3, -0.25) is 4.79 Å². The van der Waals surface area contributed by atoms with Crippen molar-refractivity contribution in [2.75, 3.05) is 20.3 Å². The number of carbonyl (C=O) groups excluding carboxylic acids is 1. The van der Waals surface area contributed by atoms with Crippen molar-refractivity contribution in [3.05, 3.63) is 28.5 Å². The fourth-order valence-electron chi connectivity index (χ4n) is 1.26. The smallest absolute Gasteiger partial charge is 0.334 e. The van der Waals surface area contributed by atoms with E-state index in [1.807, 2.05) is 0 Å². The second-order valence-corrected chi connectivity index (χ2v) is 4.58. The lowest BCUT2D eigenvalue weighted by atomic mass is 10.3. The predicted molar refractivity (Wildman–Crippen MR) is 71.0 cm³/mol. The third-order valence-electron chi connectivity index (χ3n) is 2.30. The van der Waals surface area contributed by atoms with E-state index in [2.05, 4.69) is 26.0 Å². The Morgan fingerprint density at radius 3 is 2.75 bits per heavy atom. The SMILES string of the molecule is COC(CNC(=O)COc1ccc(F)cc1Br)C(=O)O. The fourth-order valence-corrected chi connectivity index (χ4v) is 1.73. The first-order chi connectivity index (χ1) is 9.43. The second-order valence-electron chi connectivity index (χ2n) is 3.73. The molecular formula is C12H13BrFNO5. The maximum absolute atomic E-state index is 12.8. The molecule has 1 atom stereocenters. The summed E-state index contributed by atoms with van der Waals surface area (Å²) in [7, 11) is 1.23. The minimum Gasteiger partial charge on any atom is -0.483 e. The van der Waals surface area contributed by atoms with Crippen molar-refractivity contribution < 1.29 is 28.6 Å². The summed E-state index contributed by atoms with van der Waals surface area (Å²) in [5, 5.41) is 11.1. The van der Waals surface area contributed by atoms with Gasteiger partial charge in [-0.05, 0) is 34.1 Å². The molecule has 1 unspecified atom stereocenters. The third-order valence-corrected chi connectivity index (χ3v) is 2.92. The van der Waals surface area contributed by atoms with Gasteiger partial charge in [-0.15, -0.1) is 0 Å². The number of hydrogen-bond donors (Lipinski definition) is 2. The van der Waals surface area contributed by atoms with E-state index in [9.17, 15) is 14.0 Å². The summed E-state index contributed by atoms with van der Waals surface area (Å²) in [5.41, 5.74) is 0. The predicted octanol–water partition coefficient (Wildman–Crippen LogP) is 1.18. The van der Waals surface area contributed by atoms with E-state index in [0.717, 1.165) is 0 Å². The Labute approximate surface area is 123 Å². The first kappa shape index (κ1) is 16.4. The molecule has 2 N–H and O–H groups in total. The van der Waals surface area contributed by atoms with E-state index in [0.29, 0.717) is 10.2 Å². The third kappa shape index (κ3) is 5.14. The van der Waals surface area contributed by atoms with Gasteiger partial charge in [-0.25, -0.2) is 9.18 Å². The molecule has 1 aromatic carbocycles. The molecule has 0 bridgehead atoms. The minimum absolute atomic E-state index is 0.168. The summed E-state index contributed by atoms with van der Waals surface area (Å²) >= 11 is 3.10. The van der Waals surface area contributed by atoms with Crippen LogP contribution in [0.15, 0.2) is 22.7 Å². The number of carboxylic acids is 1. The summed E-state index contributed by atoms with van der Waals surface area (Å²) in [5.74, 6) is -1.80. The zero-order valence-electron chi connectivity index (χ0n) is 10.6. The minimum atomic E-state index is -1.17. The molecule has 1 amide bonds. The van der Waals surface area contributed by atoms with E-state index in [1.165, 1.54) is 25.3 Å². The summed E-state index contributed by atoms with van der Waals surface area (Å²) in [6.45, 7) is -0.487. The van der Waals surface area contributed by atoms with Gasteiger partial charge in [0.05, 0.1) is 11.0 Å². The Hall–Kier alpha value is -1.67. The number of rotatable bonds is 7. The molecule has 0 aromatic heterocycles. The van der Waals surface area contributed by atoms with Gasteiger partial charge < -0.3 is 19.9 Å². The van der Waals surface area contributed by atoms with Crippen LogP contribution in [0.2, 0.25) is 0 Å². The number of amides is 1. The quantitative estimate of drug-likeness (QED) is 0.772. The van der Waals surface area contributed by atoms with Gasteiger partial charge in [0.25, 0.3) is 5.91 Å². The van der Waals surface area contributed by atoms with Crippen molar-refractivity contribution in [3.63, 3.8) is 0 Å². The number of ether oxygens (including phenoxy) is 2. The Kier molecular flexibility index (Phi) is 6.40. The standard InChI is InChI=1S/C12H13BrFNO5/c1-19-10(12(17)18)5-15-11(16)6-20-9-3-2-7(14)4-8(9)13/h2-4,10H,5-6H2,1H3,(H,15,16)(H,17,18). The van der Waals surface area contributed by atoms with Gasteiger partial charge in [0.1, 0.15) is 11.6 Å². The fraction of sp³-hybridized carbons (Fsp3) is 0.333. The Morgan fingerprint density at radius 2 is 2.20 bits per heavy atom. The molecule has 0 heterocycles. The number of halogens is 2. The van der Waals surface area contributed by atoms with Gasteiger partial charge in [0.15, 0.2) is 12.7 Å². The van der Waals surface area contributed by atoms with E-state index in [4.69, 9.17) is 9.84 Å². The molecule has 0 saturated heterocycles. The number of hydrogen-bond acceptors (Lipinski definition) is 4. The highest BCUT2D eigenvalue weighted by Crippen LogP contribution is 2.25. The highest BCUT2D eigenvalue weighted by Gasteiger charge is 2.17. The molecule has 20 heavy (non-hydrogen) atoms. The number of methoxy groups -OCH3 is 1. The monoisotopic (exact) mass is 349 g/mol. The van der Waals surface area contributed by atoms with E-state index >= 15 is 0 Å². The lowest BCUT2D eigenvalue weighted by Crippen LogP contribution is -2.39. The zero-order chi connectivity index (χ0) is 15.1. The van der Waals surface area contributed by atoms with Crippen LogP contribution < -0.4 is 10.1 Å². The molecule has 6 nitrogen and oxygen atoms in total. The first-order valence-corrected chi connectivity index (χ1v) is 6.33. The van der Waals surface area contributed by atoms with Crippen molar-refractivity contribution in [1.82, 2.24) is 5.32 Å². The molecule has 0 aliphatic rings. The number of benzene rings is 1. The molecule has 8 heteroatoms. The summed E-state index contributed by atoms with van der Waals surface area (Å²) in [6.07, 6.45) is -1.11. The normalized spacial score (nSPS) is 11.8. The maximum Gasteiger partial charge on any atom is 0.334 e. The van der Waals surface area contributed by atoms with Crippen LogP contribution in [0.4, 0.5) is 4.39 Å². The number of carbonyl (C=O) groups is 2. The van der Waals surface area contributed by atoms with Gasteiger partial charge in [-0.1, -0.05) is 0 Å². The Morgan fingerprint density at radius 1 is 1.50 bits per heavy atom. The molecule has 0 fully saturated rings. The molecule has 0 aliphatic heterocycles. The van der Waals surface area contributed by atoms with Gasteiger partial charge >= 0.3 is 5.97 Å². The Bertz CT molecular complexity index is 497. The second kappa shape index (κ2) is 7.81. The van der Waals surface area contributed by atoms with Gasteiger partial charge in [-0.2, -0.15) is 0 Å². The topological polar surface area (TPSA) is 84.9 Å². The van der Waals surface area contributed by atoms with Crippen LogP contribution in [-0.2, 0) is 14.3 Å². The van der Waals surface area contributed by atoms with Crippen LogP contribution in [-0.4, -0.2) is 43.3 Å². The zero-order valence-corrected chi connectivity index (χ0v) is 12.1. The van der Waals surface area contributed by atoms with Gasteiger partial charge in [0, 0.05) is 7.11 Å². The highest BCUT2D eigenvalue weighted by atomic mass is 79.9. The first-order valence-electron chi connectivity index (χ1n) is 5.54. The van der Waals surface area contributed by atoms with E-state index in [1.54, 1.807) is 0 Å². The number of nitrogens with one attached hydrogen (secondary N) is 1. The van der Waals surface area contributed by atoms with Crippen molar-refractivity contribution >= 4 is 27.8 Å². The number of carboxylic acid groups (broad SMARTS) is 1. The maximum atomic E-state index is 12.8. The van der Waals surface area contributed by atoms with Crippen LogP contribution in [0.3, 0.4) is 0 Å². The average Bonchev–Trinajstić information content (AvgIpc) is 2.38. The molecule has 0 radical (unpaired) electrons.